The Morgan fingerprint density at radius 1 is 1.29 bits per heavy atom. The number of carbonyl (C=O) groups excluding carboxylic acids is 1. The first-order chi connectivity index (χ1) is 10.7. The summed E-state index contributed by atoms with van der Waals surface area (Å²) < 4.78 is 43.0. The molecule has 9 heteroatoms. The summed E-state index contributed by atoms with van der Waals surface area (Å²) in [4.78, 5) is 12.3. The van der Waals surface area contributed by atoms with Gasteiger partial charge in [0, 0.05) is 12.1 Å². The van der Waals surface area contributed by atoms with E-state index in [1.165, 1.54) is 19.2 Å². The SMILES string of the molecule is COc1cc(N)c(Cl)cc1C(=O)NC1CCC(C(F)(F)F)CC1.Cl. The van der Waals surface area contributed by atoms with Crippen LogP contribution < -0.4 is 15.8 Å². The van der Waals surface area contributed by atoms with E-state index in [4.69, 9.17) is 22.1 Å². The second kappa shape index (κ2) is 8.16. The monoisotopic (exact) mass is 386 g/mol. The standard InChI is InChI=1S/C15H18ClF3N2O2.ClH/c1-23-13-7-12(20)11(16)6-10(13)14(22)21-9-4-2-8(3-5-9)15(17,18)19;/h6-9H,2-5,20H2,1H3,(H,21,22);1H. The summed E-state index contributed by atoms with van der Waals surface area (Å²) in [7, 11) is 1.40. The number of anilines is 1. The highest BCUT2D eigenvalue weighted by Crippen LogP contribution is 2.37. The summed E-state index contributed by atoms with van der Waals surface area (Å²) in [6.45, 7) is 0. The van der Waals surface area contributed by atoms with E-state index >= 15 is 0 Å². The Kier molecular flexibility index (Phi) is 7.04. The molecule has 0 spiro atoms. The van der Waals surface area contributed by atoms with Gasteiger partial charge in [0.25, 0.3) is 5.91 Å². The van der Waals surface area contributed by atoms with Gasteiger partial charge in [0.2, 0.25) is 0 Å². The summed E-state index contributed by atoms with van der Waals surface area (Å²) in [6, 6.07) is 2.55. The predicted molar refractivity (Wildman–Crippen MR) is 88.9 cm³/mol. The van der Waals surface area contributed by atoms with Crippen molar-refractivity contribution in [1.29, 1.82) is 0 Å². The summed E-state index contributed by atoms with van der Waals surface area (Å²) in [5.41, 5.74) is 6.15. The first kappa shape index (κ1) is 20.7. The highest BCUT2D eigenvalue weighted by molar-refractivity contribution is 6.33. The number of amides is 1. The molecule has 1 aromatic rings. The Balaban J connectivity index is 0.00000288. The minimum Gasteiger partial charge on any atom is -0.496 e. The lowest BCUT2D eigenvalue weighted by Gasteiger charge is -2.30. The minimum absolute atomic E-state index is 0. The van der Waals surface area contributed by atoms with Gasteiger partial charge >= 0.3 is 6.18 Å². The minimum atomic E-state index is -4.16. The molecule has 0 heterocycles. The number of ether oxygens (including phenoxy) is 1. The zero-order valence-electron chi connectivity index (χ0n) is 13.0. The average Bonchev–Trinajstić information content (AvgIpc) is 2.49. The van der Waals surface area contributed by atoms with Gasteiger partial charge in [-0.1, -0.05) is 11.6 Å². The number of hydrogen-bond acceptors (Lipinski definition) is 3. The van der Waals surface area contributed by atoms with E-state index in [-0.39, 0.29) is 53.3 Å². The topological polar surface area (TPSA) is 64.3 Å². The number of alkyl halides is 3. The lowest BCUT2D eigenvalue weighted by Crippen LogP contribution is -2.40. The second-order valence-corrected chi connectivity index (χ2v) is 6.04. The highest BCUT2D eigenvalue weighted by atomic mass is 35.5. The number of nitrogen functional groups attached to an aromatic ring is 1. The van der Waals surface area contributed by atoms with Crippen molar-refractivity contribution in [1.82, 2.24) is 5.32 Å². The molecule has 0 saturated heterocycles. The van der Waals surface area contributed by atoms with Crippen LogP contribution in [0.15, 0.2) is 12.1 Å². The van der Waals surface area contributed by atoms with Crippen molar-refractivity contribution in [3.8, 4) is 5.75 Å². The number of benzene rings is 1. The van der Waals surface area contributed by atoms with Crippen LogP contribution in [0.5, 0.6) is 5.75 Å². The summed E-state index contributed by atoms with van der Waals surface area (Å²) in [6.07, 6.45) is -3.54. The van der Waals surface area contributed by atoms with Gasteiger partial charge in [0.05, 0.1) is 29.3 Å². The van der Waals surface area contributed by atoms with Crippen LogP contribution in [-0.2, 0) is 0 Å². The second-order valence-electron chi connectivity index (χ2n) is 5.64. The summed E-state index contributed by atoms with van der Waals surface area (Å²) in [5.74, 6) is -1.44. The lowest BCUT2D eigenvalue weighted by atomic mass is 9.85. The van der Waals surface area contributed by atoms with Crippen LogP contribution >= 0.6 is 24.0 Å². The van der Waals surface area contributed by atoms with E-state index in [0.717, 1.165) is 0 Å². The van der Waals surface area contributed by atoms with Crippen LogP contribution in [0.4, 0.5) is 18.9 Å². The van der Waals surface area contributed by atoms with E-state index in [1.54, 1.807) is 0 Å². The number of halogens is 5. The highest BCUT2D eigenvalue weighted by Gasteiger charge is 2.41. The average molecular weight is 387 g/mol. The fourth-order valence-corrected chi connectivity index (χ4v) is 2.91. The van der Waals surface area contributed by atoms with Crippen LogP contribution in [0.3, 0.4) is 0 Å². The van der Waals surface area contributed by atoms with E-state index in [9.17, 15) is 18.0 Å². The number of nitrogens with one attached hydrogen (secondary N) is 1. The van der Waals surface area contributed by atoms with Crippen LogP contribution in [-0.4, -0.2) is 25.2 Å². The Hall–Kier alpha value is -1.34. The van der Waals surface area contributed by atoms with Gasteiger partial charge in [0.1, 0.15) is 5.75 Å². The molecular formula is C15H19Cl2F3N2O2. The van der Waals surface area contributed by atoms with Crippen molar-refractivity contribution >= 4 is 35.6 Å². The van der Waals surface area contributed by atoms with Crippen molar-refractivity contribution in [2.24, 2.45) is 5.92 Å². The molecule has 0 aliphatic heterocycles. The maximum absolute atomic E-state index is 12.6. The molecule has 0 aromatic heterocycles. The van der Waals surface area contributed by atoms with Crippen molar-refractivity contribution in [2.75, 3.05) is 12.8 Å². The molecule has 3 N–H and O–H groups in total. The van der Waals surface area contributed by atoms with Gasteiger partial charge in [-0.05, 0) is 31.7 Å². The fourth-order valence-electron chi connectivity index (χ4n) is 2.74. The van der Waals surface area contributed by atoms with Gasteiger partial charge in [-0.15, -0.1) is 12.4 Å². The Morgan fingerprint density at radius 3 is 2.38 bits per heavy atom. The largest absolute Gasteiger partial charge is 0.496 e. The quantitative estimate of drug-likeness (QED) is 0.764. The summed E-state index contributed by atoms with van der Waals surface area (Å²) >= 11 is 5.91. The molecule has 0 atom stereocenters. The molecule has 136 valence electrons. The molecule has 24 heavy (non-hydrogen) atoms. The number of hydrogen-bond donors (Lipinski definition) is 2. The van der Waals surface area contributed by atoms with Crippen LogP contribution in [0.2, 0.25) is 5.02 Å². The van der Waals surface area contributed by atoms with E-state index < -0.39 is 18.0 Å². The smallest absolute Gasteiger partial charge is 0.391 e. The maximum Gasteiger partial charge on any atom is 0.391 e. The molecule has 1 aliphatic carbocycles. The zero-order valence-corrected chi connectivity index (χ0v) is 14.5. The Labute approximate surface area is 149 Å². The molecular weight excluding hydrogens is 368 g/mol. The molecule has 1 saturated carbocycles. The van der Waals surface area contributed by atoms with Gasteiger partial charge in [0.15, 0.2) is 0 Å². The van der Waals surface area contributed by atoms with Gasteiger partial charge in [-0.3, -0.25) is 4.79 Å². The molecule has 1 amide bonds. The molecule has 0 unspecified atom stereocenters. The third-order valence-corrected chi connectivity index (χ3v) is 4.42. The third kappa shape index (κ3) is 4.83. The molecule has 1 aliphatic rings. The third-order valence-electron chi connectivity index (χ3n) is 4.09. The summed E-state index contributed by atoms with van der Waals surface area (Å²) in [5, 5.41) is 2.96. The molecule has 1 fully saturated rings. The zero-order chi connectivity index (χ0) is 17.2. The maximum atomic E-state index is 12.6. The Bertz CT molecular complexity index is 589. The van der Waals surface area contributed by atoms with Crippen molar-refractivity contribution in [2.45, 2.75) is 37.9 Å². The van der Waals surface area contributed by atoms with Gasteiger partial charge < -0.3 is 15.8 Å². The molecule has 0 bridgehead atoms. The first-order valence-corrected chi connectivity index (χ1v) is 7.60. The predicted octanol–water partition coefficient (Wildman–Crippen LogP) is 4.20. The van der Waals surface area contributed by atoms with Crippen molar-refractivity contribution in [3.05, 3.63) is 22.7 Å². The van der Waals surface area contributed by atoms with E-state index in [0.29, 0.717) is 12.8 Å². The van der Waals surface area contributed by atoms with Gasteiger partial charge in [-0.25, -0.2) is 0 Å². The van der Waals surface area contributed by atoms with Crippen LogP contribution in [0.25, 0.3) is 0 Å². The van der Waals surface area contributed by atoms with Crippen molar-refractivity contribution in [3.63, 3.8) is 0 Å². The number of rotatable bonds is 3. The number of carbonyl (C=O) groups is 1. The molecule has 4 nitrogen and oxygen atoms in total. The fraction of sp³-hybridized carbons (Fsp3) is 0.533. The Morgan fingerprint density at radius 2 is 1.88 bits per heavy atom. The van der Waals surface area contributed by atoms with E-state index in [1.807, 2.05) is 0 Å². The normalized spacial score (nSPS) is 20.9. The molecule has 0 radical (unpaired) electrons. The van der Waals surface area contributed by atoms with Crippen LogP contribution in [0, 0.1) is 5.92 Å². The van der Waals surface area contributed by atoms with Gasteiger partial charge in [-0.2, -0.15) is 13.2 Å². The number of methoxy groups -OCH3 is 1. The first-order valence-electron chi connectivity index (χ1n) is 7.23. The van der Waals surface area contributed by atoms with E-state index in [2.05, 4.69) is 5.32 Å². The molecule has 2 rings (SSSR count). The van der Waals surface area contributed by atoms with Crippen molar-refractivity contribution < 1.29 is 22.7 Å². The van der Waals surface area contributed by atoms with Crippen LogP contribution in [0.1, 0.15) is 36.0 Å². The molecule has 1 aromatic carbocycles. The lowest BCUT2D eigenvalue weighted by molar-refractivity contribution is -0.182. The number of nitrogens with two attached hydrogens (primary N) is 1.